The number of hydrogen-bond acceptors (Lipinski definition) is 2. The molecule has 0 saturated heterocycles. The van der Waals surface area contributed by atoms with Crippen LogP contribution in [-0.4, -0.2) is 14.6 Å². The third-order valence-electron chi connectivity index (χ3n) is 2.07. The van der Waals surface area contributed by atoms with Crippen LogP contribution in [0.15, 0.2) is 23.3 Å². The maximum atomic E-state index is 11.4. The fraction of sp³-hybridized carbons (Fsp3) is 0.400. The van der Waals surface area contributed by atoms with Gasteiger partial charge in [0.05, 0.1) is 5.69 Å². The molecule has 0 radical (unpaired) electrons. The molecule has 0 aliphatic carbocycles. The van der Waals surface area contributed by atoms with Crippen molar-refractivity contribution >= 4 is 5.52 Å². The first kappa shape index (κ1) is 8.99. The molecule has 0 aliphatic rings. The summed E-state index contributed by atoms with van der Waals surface area (Å²) in [7, 11) is 0. The van der Waals surface area contributed by atoms with Crippen LogP contribution in [-0.2, 0) is 6.42 Å². The summed E-state index contributed by atoms with van der Waals surface area (Å²) >= 11 is 0. The van der Waals surface area contributed by atoms with Crippen molar-refractivity contribution < 1.29 is 0 Å². The molecule has 74 valence electrons. The lowest BCUT2D eigenvalue weighted by molar-refractivity contribution is 0.630. The highest BCUT2D eigenvalue weighted by Gasteiger charge is 2.05. The first-order valence-electron chi connectivity index (χ1n) is 4.73. The molecular weight excluding hydrogens is 178 g/mol. The highest BCUT2D eigenvalue weighted by Crippen LogP contribution is 2.07. The van der Waals surface area contributed by atoms with E-state index >= 15 is 0 Å². The summed E-state index contributed by atoms with van der Waals surface area (Å²) in [5, 5.41) is 4.31. The Balaban J connectivity index is 2.52. The smallest absolute Gasteiger partial charge is 0.273 e. The largest absolute Gasteiger partial charge is 0.326 e. The molecule has 0 atom stereocenters. The van der Waals surface area contributed by atoms with Gasteiger partial charge in [-0.05, 0) is 18.4 Å². The van der Waals surface area contributed by atoms with E-state index in [1.165, 1.54) is 0 Å². The molecule has 0 amide bonds. The van der Waals surface area contributed by atoms with Crippen LogP contribution in [0.2, 0.25) is 0 Å². The van der Waals surface area contributed by atoms with Gasteiger partial charge in [-0.2, -0.15) is 5.10 Å². The van der Waals surface area contributed by atoms with Gasteiger partial charge in [0.2, 0.25) is 0 Å². The maximum absolute atomic E-state index is 11.4. The molecule has 0 aliphatic heterocycles. The van der Waals surface area contributed by atoms with Crippen LogP contribution in [0.4, 0.5) is 0 Å². The number of aromatic amines is 1. The summed E-state index contributed by atoms with van der Waals surface area (Å²) in [5.74, 6) is 0.555. The molecule has 1 N–H and O–H groups in total. The van der Waals surface area contributed by atoms with Gasteiger partial charge >= 0.3 is 0 Å². The van der Waals surface area contributed by atoms with Crippen molar-refractivity contribution in [3.05, 3.63) is 34.5 Å². The molecule has 2 heterocycles. The van der Waals surface area contributed by atoms with Crippen LogP contribution in [0.3, 0.4) is 0 Å². The minimum Gasteiger partial charge on any atom is -0.326 e. The van der Waals surface area contributed by atoms with Crippen molar-refractivity contribution in [2.45, 2.75) is 20.3 Å². The Morgan fingerprint density at radius 3 is 3.00 bits per heavy atom. The maximum Gasteiger partial charge on any atom is 0.273 e. The highest BCUT2D eigenvalue weighted by molar-refractivity contribution is 5.44. The molecule has 0 spiro atoms. The molecule has 4 nitrogen and oxygen atoms in total. The molecule has 0 unspecified atom stereocenters. The number of fused-ring (bicyclic) bond motifs is 1. The second-order valence-corrected chi connectivity index (χ2v) is 3.85. The summed E-state index contributed by atoms with van der Waals surface area (Å²) in [6, 6.07) is 1.85. The predicted octanol–water partition coefficient (Wildman–Crippen LogP) is 1.22. The van der Waals surface area contributed by atoms with Crippen molar-refractivity contribution in [2.24, 2.45) is 5.92 Å². The monoisotopic (exact) mass is 191 g/mol. The summed E-state index contributed by atoms with van der Waals surface area (Å²) in [6.45, 7) is 4.27. The predicted molar refractivity (Wildman–Crippen MR) is 54.4 cm³/mol. The number of H-pyrrole nitrogens is 1. The van der Waals surface area contributed by atoms with Crippen molar-refractivity contribution in [3.63, 3.8) is 0 Å². The molecule has 4 heteroatoms. The first-order valence-corrected chi connectivity index (χ1v) is 4.73. The summed E-state index contributed by atoms with van der Waals surface area (Å²) < 4.78 is 1.62. The molecule has 0 saturated carbocycles. The van der Waals surface area contributed by atoms with E-state index in [0.29, 0.717) is 11.4 Å². The number of rotatable bonds is 2. The first-order chi connectivity index (χ1) is 6.66. The minimum atomic E-state index is -0.0880. The summed E-state index contributed by atoms with van der Waals surface area (Å²) in [4.78, 5) is 14.0. The van der Waals surface area contributed by atoms with Gasteiger partial charge in [0.25, 0.3) is 5.56 Å². The van der Waals surface area contributed by atoms with Crippen LogP contribution >= 0.6 is 0 Å². The molecule has 14 heavy (non-hydrogen) atoms. The minimum absolute atomic E-state index is 0.0880. The van der Waals surface area contributed by atoms with Gasteiger partial charge in [-0.25, -0.2) is 4.52 Å². The molecule has 2 aromatic heterocycles. The molecule has 0 aromatic carbocycles. The quantitative estimate of drug-likeness (QED) is 0.776. The Morgan fingerprint density at radius 2 is 2.36 bits per heavy atom. The Kier molecular flexibility index (Phi) is 2.11. The standard InChI is InChI=1S/C10H13N3O/c1-7(2)5-8-6-9-10(14)11-3-4-13(9)12-8/h3-4,6-7H,5H2,1-2H3,(H,11,14). The SMILES string of the molecule is CC(C)Cc1cc2c(=O)[nH]ccn2n1. The van der Waals surface area contributed by atoms with Crippen LogP contribution in [0.5, 0.6) is 0 Å². The highest BCUT2D eigenvalue weighted by atomic mass is 16.1. The fourth-order valence-electron chi connectivity index (χ4n) is 1.50. The normalized spacial score (nSPS) is 11.4. The Hall–Kier alpha value is -1.58. The number of nitrogens with zero attached hydrogens (tertiary/aromatic N) is 2. The van der Waals surface area contributed by atoms with Gasteiger partial charge in [-0.3, -0.25) is 4.79 Å². The van der Waals surface area contributed by atoms with Gasteiger partial charge in [0.15, 0.2) is 0 Å². The fourth-order valence-corrected chi connectivity index (χ4v) is 1.50. The van der Waals surface area contributed by atoms with Crippen LogP contribution in [0.25, 0.3) is 5.52 Å². The lowest BCUT2D eigenvalue weighted by Gasteiger charge is -1.97. The van der Waals surface area contributed by atoms with Crippen LogP contribution in [0, 0.1) is 5.92 Å². The van der Waals surface area contributed by atoms with E-state index in [-0.39, 0.29) is 5.56 Å². The molecular formula is C10H13N3O. The van der Waals surface area contributed by atoms with E-state index in [0.717, 1.165) is 12.1 Å². The van der Waals surface area contributed by atoms with E-state index in [2.05, 4.69) is 23.9 Å². The topological polar surface area (TPSA) is 50.2 Å². The number of aromatic nitrogens is 3. The van der Waals surface area contributed by atoms with Gasteiger partial charge in [-0.1, -0.05) is 13.8 Å². The number of hydrogen-bond donors (Lipinski definition) is 1. The average molecular weight is 191 g/mol. The third-order valence-corrected chi connectivity index (χ3v) is 2.07. The van der Waals surface area contributed by atoms with E-state index in [4.69, 9.17) is 0 Å². The van der Waals surface area contributed by atoms with Gasteiger partial charge in [-0.15, -0.1) is 0 Å². The van der Waals surface area contributed by atoms with E-state index < -0.39 is 0 Å². The van der Waals surface area contributed by atoms with Gasteiger partial charge in [0, 0.05) is 12.4 Å². The zero-order valence-corrected chi connectivity index (χ0v) is 8.32. The van der Waals surface area contributed by atoms with Gasteiger partial charge < -0.3 is 4.98 Å². The lowest BCUT2D eigenvalue weighted by Crippen LogP contribution is -2.07. The zero-order chi connectivity index (χ0) is 10.1. The van der Waals surface area contributed by atoms with Crippen molar-refractivity contribution in [1.29, 1.82) is 0 Å². The Labute approximate surface area is 81.6 Å². The summed E-state index contributed by atoms with van der Waals surface area (Å²) in [6.07, 6.45) is 4.25. The number of nitrogens with one attached hydrogen (secondary N) is 1. The van der Waals surface area contributed by atoms with E-state index in [1.807, 2.05) is 6.07 Å². The van der Waals surface area contributed by atoms with Crippen LogP contribution < -0.4 is 5.56 Å². The second kappa shape index (κ2) is 3.29. The lowest BCUT2D eigenvalue weighted by atomic mass is 10.1. The zero-order valence-electron chi connectivity index (χ0n) is 8.32. The van der Waals surface area contributed by atoms with Crippen molar-refractivity contribution in [1.82, 2.24) is 14.6 Å². The van der Waals surface area contributed by atoms with E-state index in [9.17, 15) is 4.79 Å². The summed E-state index contributed by atoms with van der Waals surface area (Å²) in [5.41, 5.74) is 1.50. The third kappa shape index (κ3) is 1.55. The van der Waals surface area contributed by atoms with E-state index in [1.54, 1.807) is 16.9 Å². The van der Waals surface area contributed by atoms with Gasteiger partial charge in [0.1, 0.15) is 5.52 Å². The Bertz CT molecular complexity index is 495. The second-order valence-electron chi connectivity index (χ2n) is 3.85. The van der Waals surface area contributed by atoms with Crippen LogP contribution in [0.1, 0.15) is 19.5 Å². The van der Waals surface area contributed by atoms with Crippen molar-refractivity contribution in [3.8, 4) is 0 Å². The molecule has 2 rings (SSSR count). The molecule has 0 bridgehead atoms. The molecule has 0 fully saturated rings. The molecule has 2 aromatic rings. The average Bonchev–Trinajstić information content (AvgIpc) is 2.47. The Morgan fingerprint density at radius 1 is 1.57 bits per heavy atom. The van der Waals surface area contributed by atoms with Crippen molar-refractivity contribution in [2.75, 3.05) is 0 Å².